The van der Waals surface area contributed by atoms with Gasteiger partial charge in [-0.3, -0.25) is 4.90 Å². The molecule has 0 bridgehead atoms. The summed E-state index contributed by atoms with van der Waals surface area (Å²) in [7, 11) is 3.96. The van der Waals surface area contributed by atoms with Crippen LogP contribution in [0, 0.1) is 0 Å². The summed E-state index contributed by atoms with van der Waals surface area (Å²) in [6.45, 7) is 4.80. The van der Waals surface area contributed by atoms with E-state index in [4.69, 9.17) is 5.11 Å². The fourth-order valence-electron chi connectivity index (χ4n) is 1.52. The first-order valence-corrected chi connectivity index (χ1v) is 5.62. The van der Waals surface area contributed by atoms with E-state index in [9.17, 15) is 0 Å². The van der Waals surface area contributed by atoms with Gasteiger partial charge in [-0.25, -0.2) is 4.98 Å². The van der Waals surface area contributed by atoms with Crippen molar-refractivity contribution in [3.05, 3.63) is 23.9 Å². The lowest BCUT2D eigenvalue weighted by atomic mass is 10.2. The second kappa shape index (κ2) is 6.45. The Morgan fingerprint density at radius 1 is 1.31 bits per heavy atom. The quantitative estimate of drug-likeness (QED) is 0.780. The van der Waals surface area contributed by atoms with Crippen molar-refractivity contribution < 1.29 is 5.11 Å². The van der Waals surface area contributed by atoms with E-state index in [-0.39, 0.29) is 6.61 Å². The normalized spacial score (nSPS) is 10.8. The minimum absolute atomic E-state index is 0.205. The molecule has 0 saturated carbocycles. The Morgan fingerprint density at radius 3 is 2.50 bits per heavy atom. The van der Waals surface area contributed by atoms with E-state index in [0.29, 0.717) is 6.54 Å². The summed E-state index contributed by atoms with van der Waals surface area (Å²) in [5, 5.41) is 8.90. The molecule has 0 saturated heterocycles. The van der Waals surface area contributed by atoms with Crippen LogP contribution in [0.5, 0.6) is 0 Å². The molecule has 1 rings (SSSR count). The third-order valence-corrected chi connectivity index (χ3v) is 2.54. The lowest BCUT2D eigenvalue weighted by Crippen LogP contribution is -2.26. The van der Waals surface area contributed by atoms with Crippen LogP contribution in [0.2, 0.25) is 0 Å². The van der Waals surface area contributed by atoms with Gasteiger partial charge >= 0.3 is 0 Å². The smallest absolute Gasteiger partial charge is 0.127 e. The van der Waals surface area contributed by atoms with Gasteiger partial charge in [-0.2, -0.15) is 0 Å². The fraction of sp³-hybridized carbons (Fsp3) is 0.583. The van der Waals surface area contributed by atoms with E-state index in [1.165, 1.54) is 5.56 Å². The number of aliphatic hydroxyl groups excluding tert-OH is 1. The summed E-state index contributed by atoms with van der Waals surface area (Å²) in [5.74, 6) is 0.967. The molecule has 0 spiro atoms. The first kappa shape index (κ1) is 12.9. The van der Waals surface area contributed by atoms with Gasteiger partial charge in [0.15, 0.2) is 0 Å². The summed E-state index contributed by atoms with van der Waals surface area (Å²) in [6, 6.07) is 4.10. The number of hydrogen-bond donors (Lipinski definition) is 1. The zero-order valence-electron chi connectivity index (χ0n) is 10.3. The molecule has 1 heterocycles. The third-order valence-electron chi connectivity index (χ3n) is 2.54. The topological polar surface area (TPSA) is 39.6 Å². The van der Waals surface area contributed by atoms with Crippen molar-refractivity contribution in [1.82, 2.24) is 9.88 Å². The van der Waals surface area contributed by atoms with Crippen LogP contribution in [0.3, 0.4) is 0 Å². The highest BCUT2D eigenvalue weighted by Gasteiger charge is 2.03. The molecule has 16 heavy (non-hydrogen) atoms. The number of likely N-dealkylation sites (N-methyl/N-ethyl adjacent to an activating group) is 1. The van der Waals surface area contributed by atoms with Crippen molar-refractivity contribution in [1.29, 1.82) is 0 Å². The number of nitrogens with zero attached hydrogens (tertiary/aromatic N) is 3. The van der Waals surface area contributed by atoms with E-state index in [1.807, 2.05) is 31.3 Å². The van der Waals surface area contributed by atoms with Gasteiger partial charge in [-0.05, 0) is 18.2 Å². The summed E-state index contributed by atoms with van der Waals surface area (Å²) >= 11 is 0. The predicted molar refractivity (Wildman–Crippen MR) is 66.6 cm³/mol. The molecule has 4 nitrogen and oxygen atoms in total. The summed E-state index contributed by atoms with van der Waals surface area (Å²) in [5.41, 5.74) is 1.18. The Labute approximate surface area is 97.5 Å². The molecule has 90 valence electrons. The van der Waals surface area contributed by atoms with Crippen molar-refractivity contribution >= 4 is 5.82 Å². The van der Waals surface area contributed by atoms with Crippen LogP contribution in [0.4, 0.5) is 5.82 Å². The first-order valence-electron chi connectivity index (χ1n) is 5.62. The van der Waals surface area contributed by atoms with Crippen molar-refractivity contribution in [2.75, 3.05) is 38.7 Å². The summed E-state index contributed by atoms with van der Waals surface area (Å²) < 4.78 is 0. The van der Waals surface area contributed by atoms with E-state index in [2.05, 4.69) is 22.9 Å². The molecule has 1 N–H and O–H groups in total. The van der Waals surface area contributed by atoms with Crippen molar-refractivity contribution in [3.63, 3.8) is 0 Å². The molecular formula is C12H21N3O. The van der Waals surface area contributed by atoms with Crippen LogP contribution in [0.25, 0.3) is 0 Å². The van der Waals surface area contributed by atoms with Crippen LogP contribution in [-0.4, -0.2) is 48.8 Å². The zero-order valence-corrected chi connectivity index (χ0v) is 10.3. The highest BCUT2D eigenvalue weighted by Crippen LogP contribution is 2.09. The van der Waals surface area contributed by atoms with Gasteiger partial charge in [0.25, 0.3) is 0 Å². The third kappa shape index (κ3) is 3.79. The molecular weight excluding hydrogens is 202 g/mol. The van der Waals surface area contributed by atoms with E-state index in [0.717, 1.165) is 18.9 Å². The van der Waals surface area contributed by atoms with E-state index >= 15 is 0 Å². The maximum atomic E-state index is 8.90. The lowest BCUT2D eigenvalue weighted by Gasteiger charge is -2.19. The molecule has 1 aromatic rings. The number of rotatable bonds is 6. The molecule has 0 amide bonds. The standard InChI is InChI=1S/C12H21N3O/c1-4-15(7-8-16)10-11-5-6-12(13-9-11)14(2)3/h5-6,9,16H,4,7-8,10H2,1-3H3. The van der Waals surface area contributed by atoms with Crippen LogP contribution in [-0.2, 0) is 6.54 Å². The predicted octanol–water partition coefficient (Wildman–Crippen LogP) is 0.962. The summed E-state index contributed by atoms with van der Waals surface area (Å²) in [6.07, 6.45) is 1.90. The summed E-state index contributed by atoms with van der Waals surface area (Å²) in [4.78, 5) is 8.53. The minimum atomic E-state index is 0.205. The van der Waals surface area contributed by atoms with Crippen molar-refractivity contribution in [2.45, 2.75) is 13.5 Å². The number of aliphatic hydroxyl groups is 1. The zero-order chi connectivity index (χ0) is 12.0. The second-order valence-electron chi connectivity index (χ2n) is 4.01. The Kier molecular flexibility index (Phi) is 5.22. The van der Waals surface area contributed by atoms with Crippen molar-refractivity contribution in [3.8, 4) is 0 Å². The maximum absolute atomic E-state index is 8.90. The highest BCUT2D eigenvalue weighted by atomic mass is 16.3. The van der Waals surface area contributed by atoms with Crippen LogP contribution < -0.4 is 4.90 Å². The Morgan fingerprint density at radius 2 is 2.06 bits per heavy atom. The van der Waals surface area contributed by atoms with Crippen LogP contribution >= 0.6 is 0 Å². The average Bonchev–Trinajstić information content (AvgIpc) is 2.29. The Bertz CT molecular complexity index is 298. The molecule has 0 aromatic carbocycles. The lowest BCUT2D eigenvalue weighted by molar-refractivity contribution is 0.196. The molecule has 0 fully saturated rings. The first-order chi connectivity index (χ1) is 7.67. The van der Waals surface area contributed by atoms with Crippen LogP contribution in [0.15, 0.2) is 18.3 Å². The maximum Gasteiger partial charge on any atom is 0.127 e. The number of aromatic nitrogens is 1. The molecule has 0 radical (unpaired) electrons. The molecule has 0 atom stereocenters. The highest BCUT2D eigenvalue weighted by molar-refractivity contribution is 5.37. The molecule has 1 aromatic heterocycles. The second-order valence-corrected chi connectivity index (χ2v) is 4.01. The van der Waals surface area contributed by atoms with Gasteiger partial charge < -0.3 is 10.0 Å². The van der Waals surface area contributed by atoms with Crippen LogP contribution in [0.1, 0.15) is 12.5 Å². The molecule has 0 aliphatic heterocycles. The van der Waals surface area contributed by atoms with Gasteiger partial charge in [0.2, 0.25) is 0 Å². The molecule has 0 aliphatic carbocycles. The van der Waals surface area contributed by atoms with Gasteiger partial charge in [0, 0.05) is 33.4 Å². The minimum Gasteiger partial charge on any atom is -0.395 e. The van der Waals surface area contributed by atoms with Crippen molar-refractivity contribution in [2.24, 2.45) is 0 Å². The molecule has 0 aliphatic rings. The Hall–Kier alpha value is -1.13. The number of hydrogen-bond acceptors (Lipinski definition) is 4. The molecule has 0 unspecified atom stereocenters. The van der Waals surface area contributed by atoms with Gasteiger partial charge in [0.1, 0.15) is 5.82 Å². The van der Waals surface area contributed by atoms with Gasteiger partial charge in [-0.1, -0.05) is 13.0 Å². The number of pyridine rings is 1. The number of anilines is 1. The van der Waals surface area contributed by atoms with E-state index < -0.39 is 0 Å². The van der Waals surface area contributed by atoms with E-state index in [1.54, 1.807) is 0 Å². The average molecular weight is 223 g/mol. The van der Waals surface area contributed by atoms with Gasteiger partial charge in [-0.15, -0.1) is 0 Å². The fourth-order valence-corrected chi connectivity index (χ4v) is 1.52. The monoisotopic (exact) mass is 223 g/mol. The molecule has 4 heteroatoms. The van der Waals surface area contributed by atoms with Gasteiger partial charge in [0.05, 0.1) is 6.61 Å². The largest absolute Gasteiger partial charge is 0.395 e. The Balaban J connectivity index is 2.60. The SMILES string of the molecule is CCN(CCO)Cc1ccc(N(C)C)nc1.